The molecule has 0 saturated carbocycles. The van der Waals surface area contributed by atoms with E-state index in [4.69, 9.17) is 4.74 Å². The second-order valence-corrected chi connectivity index (χ2v) is 5.22. The molecule has 6 nitrogen and oxygen atoms in total. The Bertz CT molecular complexity index is 700. The number of hydrogen-bond donors (Lipinski definition) is 1. The fraction of sp³-hybridized carbons (Fsp3) is 0.312. The predicted octanol–water partition coefficient (Wildman–Crippen LogP) is 2.01. The summed E-state index contributed by atoms with van der Waals surface area (Å²) >= 11 is 0. The van der Waals surface area contributed by atoms with Gasteiger partial charge >= 0.3 is 0 Å². The average Bonchev–Trinajstić information content (AvgIpc) is 2.57. The molecule has 120 valence electrons. The quantitative estimate of drug-likeness (QED) is 0.938. The topological polar surface area (TPSA) is 67.4 Å². The Labute approximate surface area is 133 Å². The van der Waals surface area contributed by atoms with Crippen LogP contribution in [0.3, 0.4) is 0 Å². The van der Waals surface area contributed by atoms with E-state index in [1.54, 1.807) is 13.0 Å². The standard InChI is InChI=1S/C16H17FN4O2/c1-11-18-14(10-15(19-11)21-6-8-23-9-7-21)16(22)20-13-4-2-12(17)3-5-13/h2-5,10H,6-9H2,1H3,(H,20,22). The summed E-state index contributed by atoms with van der Waals surface area (Å²) in [5.74, 6) is 0.537. The predicted molar refractivity (Wildman–Crippen MR) is 84.2 cm³/mol. The van der Waals surface area contributed by atoms with Crippen LogP contribution in [0.5, 0.6) is 0 Å². The molecule has 2 aromatic rings. The van der Waals surface area contributed by atoms with E-state index in [-0.39, 0.29) is 17.4 Å². The van der Waals surface area contributed by atoms with E-state index in [0.29, 0.717) is 30.5 Å². The minimum Gasteiger partial charge on any atom is -0.378 e. The zero-order valence-corrected chi connectivity index (χ0v) is 12.8. The Morgan fingerprint density at radius 2 is 1.91 bits per heavy atom. The van der Waals surface area contributed by atoms with Gasteiger partial charge in [-0.1, -0.05) is 0 Å². The molecule has 0 radical (unpaired) electrons. The van der Waals surface area contributed by atoms with Crippen LogP contribution in [0.1, 0.15) is 16.3 Å². The molecule has 0 bridgehead atoms. The SMILES string of the molecule is Cc1nc(C(=O)Nc2ccc(F)cc2)cc(N2CCOCC2)n1. The highest BCUT2D eigenvalue weighted by atomic mass is 19.1. The number of morpholine rings is 1. The molecule has 1 aliphatic heterocycles. The van der Waals surface area contributed by atoms with Gasteiger partial charge in [-0.3, -0.25) is 4.79 Å². The van der Waals surface area contributed by atoms with E-state index in [1.165, 1.54) is 24.3 Å². The molecule has 3 rings (SSSR count). The first-order chi connectivity index (χ1) is 11.1. The molecular weight excluding hydrogens is 299 g/mol. The number of rotatable bonds is 3. The van der Waals surface area contributed by atoms with Crippen molar-refractivity contribution in [1.82, 2.24) is 9.97 Å². The van der Waals surface area contributed by atoms with Crippen molar-refractivity contribution in [2.45, 2.75) is 6.92 Å². The number of anilines is 2. The van der Waals surface area contributed by atoms with E-state index in [2.05, 4.69) is 20.2 Å². The number of carbonyl (C=O) groups is 1. The number of benzene rings is 1. The molecule has 1 saturated heterocycles. The fourth-order valence-electron chi connectivity index (χ4n) is 2.35. The molecule has 0 atom stereocenters. The third-order valence-electron chi connectivity index (χ3n) is 3.49. The van der Waals surface area contributed by atoms with Gasteiger partial charge < -0.3 is 15.0 Å². The van der Waals surface area contributed by atoms with Crippen molar-refractivity contribution in [1.29, 1.82) is 0 Å². The summed E-state index contributed by atoms with van der Waals surface area (Å²) in [7, 11) is 0. The second-order valence-electron chi connectivity index (χ2n) is 5.22. The largest absolute Gasteiger partial charge is 0.378 e. The molecule has 0 spiro atoms. The maximum absolute atomic E-state index is 12.9. The molecule has 23 heavy (non-hydrogen) atoms. The molecule has 0 aliphatic carbocycles. The van der Waals surface area contributed by atoms with Crippen LogP contribution in [0.2, 0.25) is 0 Å². The molecule has 1 aromatic carbocycles. The fourth-order valence-corrected chi connectivity index (χ4v) is 2.35. The Kier molecular flexibility index (Phi) is 4.47. The molecule has 1 aliphatic rings. The number of hydrogen-bond acceptors (Lipinski definition) is 5. The maximum atomic E-state index is 12.9. The third kappa shape index (κ3) is 3.81. The van der Waals surface area contributed by atoms with Crippen molar-refractivity contribution in [3.05, 3.63) is 47.7 Å². The van der Waals surface area contributed by atoms with Gasteiger partial charge in [0.05, 0.1) is 13.2 Å². The van der Waals surface area contributed by atoms with Gasteiger partial charge in [0.15, 0.2) is 0 Å². The van der Waals surface area contributed by atoms with Gasteiger partial charge in [-0.25, -0.2) is 14.4 Å². The molecule has 1 fully saturated rings. The number of amides is 1. The van der Waals surface area contributed by atoms with Crippen LogP contribution < -0.4 is 10.2 Å². The van der Waals surface area contributed by atoms with E-state index in [1.807, 2.05) is 0 Å². The van der Waals surface area contributed by atoms with Gasteiger partial charge in [-0.2, -0.15) is 0 Å². The highest BCUT2D eigenvalue weighted by Gasteiger charge is 2.17. The lowest BCUT2D eigenvalue weighted by Gasteiger charge is -2.28. The molecule has 2 heterocycles. The van der Waals surface area contributed by atoms with Crippen molar-refractivity contribution in [2.75, 3.05) is 36.5 Å². The smallest absolute Gasteiger partial charge is 0.274 e. The minimum atomic E-state index is -0.351. The summed E-state index contributed by atoms with van der Waals surface area (Å²) < 4.78 is 18.2. The highest BCUT2D eigenvalue weighted by molar-refractivity contribution is 6.03. The Hall–Kier alpha value is -2.54. The molecule has 1 N–H and O–H groups in total. The van der Waals surface area contributed by atoms with E-state index < -0.39 is 0 Å². The molecule has 1 aromatic heterocycles. The lowest BCUT2D eigenvalue weighted by molar-refractivity contribution is 0.102. The molecule has 1 amide bonds. The number of ether oxygens (including phenoxy) is 1. The van der Waals surface area contributed by atoms with Crippen LogP contribution in [0, 0.1) is 12.7 Å². The van der Waals surface area contributed by atoms with Gasteiger partial charge in [-0.15, -0.1) is 0 Å². The second kappa shape index (κ2) is 6.70. The van der Waals surface area contributed by atoms with Gasteiger partial charge in [0.1, 0.15) is 23.2 Å². The van der Waals surface area contributed by atoms with Gasteiger partial charge in [-0.05, 0) is 31.2 Å². The van der Waals surface area contributed by atoms with Crippen LogP contribution in [0.15, 0.2) is 30.3 Å². The summed E-state index contributed by atoms with van der Waals surface area (Å²) in [6, 6.07) is 7.26. The van der Waals surface area contributed by atoms with E-state index in [9.17, 15) is 9.18 Å². The van der Waals surface area contributed by atoms with Crippen molar-refractivity contribution < 1.29 is 13.9 Å². The van der Waals surface area contributed by atoms with Gasteiger partial charge in [0.25, 0.3) is 5.91 Å². The van der Waals surface area contributed by atoms with Crippen molar-refractivity contribution >= 4 is 17.4 Å². The lowest BCUT2D eigenvalue weighted by Crippen LogP contribution is -2.37. The van der Waals surface area contributed by atoms with Crippen LogP contribution in [0.25, 0.3) is 0 Å². The Morgan fingerprint density at radius 1 is 1.22 bits per heavy atom. The average molecular weight is 316 g/mol. The molecule has 7 heteroatoms. The first-order valence-corrected chi connectivity index (χ1v) is 7.37. The zero-order valence-electron chi connectivity index (χ0n) is 12.8. The van der Waals surface area contributed by atoms with Gasteiger partial charge in [0.2, 0.25) is 0 Å². The Morgan fingerprint density at radius 3 is 2.61 bits per heavy atom. The summed E-state index contributed by atoms with van der Waals surface area (Å²) in [6.45, 7) is 4.49. The van der Waals surface area contributed by atoms with Crippen LogP contribution in [0.4, 0.5) is 15.9 Å². The van der Waals surface area contributed by atoms with Crippen LogP contribution in [-0.4, -0.2) is 42.2 Å². The zero-order chi connectivity index (χ0) is 16.2. The van der Waals surface area contributed by atoms with Gasteiger partial charge in [0, 0.05) is 24.8 Å². The molecular formula is C16H17FN4O2. The normalized spacial score (nSPS) is 14.6. The van der Waals surface area contributed by atoms with Crippen LogP contribution in [-0.2, 0) is 4.74 Å². The monoisotopic (exact) mass is 316 g/mol. The summed E-state index contributed by atoms with van der Waals surface area (Å²) in [5.41, 5.74) is 0.795. The summed E-state index contributed by atoms with van der Waals surface area (Å²) in [5, 5.41) is 2.70. The third-order valence-corrected chi connectivity index (χ3v) is 3.49. The first-order valence-electron chi connectivity index (χ1n) is 7.37. The number of halogens is 1. The van der Waals surface area contributed by atoms with E-state index >= 15 is 0 Å². The highest BCUT2D eigenvalue weighted by Crippen LogP contribution is 2.16. The number of nitrogens with zero attached hydrogens (tertiary/aromatic N) is 3. The molecule has 0 unspecified atom stereocenters. The number of aryl methyl sites for hydroxylation is 1. The number of carbonyl (C=O) groups excluding carboxylic acids is 1. The number of aromatic nitrogens is 2. The summed E-state index contributed by atoms with van der Waals surface area (Å²) in [4.78, 5) is 23.0. The first kappa shape index (κ1) is 15.4. The maximum Gasteiger partial charge on any atom is 0.274 e. The van der Waals surface area contributed by atoms with E-state index in [0.717, 1.165) is 13.1 Å². The van der Waals surface area contributed by atoms with Crippen molar-refractivity contribution in [3.8, 4) is 0 Å². The van der Waals surface area contributed by atoms with Crippen molar-refractivity contribution in [3.63, 3.8) is 0 Å². The summed E-state index contributed by atoms with van der Waals surface area (Å²) in [6.07, 6.45) is 0. The van der Waals surface area contributed by atoms with Crippen LogP contribution >= 0.6 is 0 Å². The van der Waals surface area contributed by atoms with Crippen molar-refractivity contribution in [2.24, 2.45) is 0 Å². The minimum absolute atomic E-state index is 0.281. The number of nitrogens with one attached hydrogen (secondary N) is 1. The Balaban J connectivity index is 1.79. The lowest BCUT2D eigenvalue weighted by atomic mass is 10.2.